The number of hydrogen-bond donors (Lipinski definition) is 1. The average Bonchev–Trinajstić information content (AvgIpc) is 2.59. The number of methoxy groups -OCH3 is 2. The van der Waals surface area contributed by atoms with Crippen molar-refractivity contribution >= 4 is 0 Å². The van der Waals surface area contributed by atoms with Crippen LogP contribution in [0, 0.1) is 0 Å². The highest BCUT2D eigenvalue weighted by molar-refractivity contribution is 5.44. The fourth-order valence-electron chi connectivity index (χ4n) is 2.48. The average molecular weight is 299 g/mol. The van der Waals surface area contributed by atoms with Gasteiger partial charge in [-0.2, -0.15) is 0 Å². The van der Waals surface area contributed by atoms with Gasteiger partial charge in [-0.1, -0.05) is 43.3 Å². The molecule has 2 aromatic carbocycles. The lowest BCUT2D eigenvalue weighted by Crippen LogP contribution is -2.30. The van der Waals surface area contributed by atoms with Crippen LogP contribution in [0.25, 0.3) is 0 Å². The van der Waals surface area contributed by atoms with Gasteiger partial charge in [-0.25, -0.2) is 0 Å². The van der Waals surface area contributed by atoms with E-state index in [2.05, 4.69) is 55.6 Å². The summed E-state index contributed by atoms with van der Waals surface area (Å²) in [6.45, 7) is 5.31. The molecular weight excluding hydrogens is 274 g/mol. The molecule has 2 rings (SSSR count). The normalized spacial score (nSPS) is 13.5. The third-order valence-corrected chi connectivity index (χ3v) is 4.15. The van der Waals surface area contributed by atoms with Gasteiger partial charge < -0.3 is 14.8 Å². The summed E-state index contributed by atoms with van der Waals surface area (Å²) in [5.41, 5.74) is 2.54. The van der Waals surface area contributed by atoms with E-state index in [1.54, 1.807) is 14.2 Å². The van der Waals surface area contributed by atoms with E-state index < -0.39 is 0 Å². The molecule has 0 aliphatic rings. The van der Waals surface area contributed by atoms with E-state index in [4.69, 9.17) is 9.47 Å². The van der Waals surface area contributed by atoms with Gasteiger partial charge in [-0.3, -0.25) is 0 Å². The minimum absolute atomic E-state index is 0.360. The van der Waals surface area contributed by atoms with Crippen LogP contribution in [0.2, 0.25) is 0 Å². The molecule has 0 spiro atoms. The second kappa shape index (κ2) is 7.85. The van der Waals surface area contributed by atoms with Gasteiger partial charge >= 0.3 is 0 Å². The van der Waals surface area contributed by atoms with Gasteiger partial charge in [0.05, 0.1) is 14.2 Å². The van der Waals surface area contributed by atoms with Crippen molar-refractivity contribution in [2.75, 3.05) is 14.2 Å². The highest BCUT2D eigenvalue weighted by Gasteiger charge is 2.16. The Bertz CT molecular complexity index is 583. The molecule has 118 valence electrons. The Morgan fingerprint density at radius 1 is 0.909 bits per heavy atom. The largest absolute Gasteiger partial charge is 0.493 e. The molecular formula is C19H25NO2. The van der Waals surface area contributed by atoms with Crippen LogP contribution in [0.3, 0.4) is 0 Å². The summed E-state index contributed by atoms with van der Waals surface area (Å²) in [5, 5.41) is 3.59. The van der Waals surface area contributed by atoms with Crippen molar-refractivity contribution in [1.82, 2.24) is 5.32 Å². The minimum atomic E-state index is 0.360. The van der Waals surface area contributed by atoms with Crippen LogP contribution < -0.4 is 14.8 Å². The quantitative estimate of drug-likeness (QED) is 0.838. The summed E-state index contributed by atoms with van der Waals surface area (Å²) in [4.78, 5) is 0. The maximum atomic E-state index is 5.39. The molecule has 0 saturated carbocycles. The zero-order chi connectivity index (χ0) is 15.9. The van der Waals surface area contributed by atoms with E-state index in [1.165, 1.54) is 11.1 Å². The van der Waals surface area contributed by atoms with Crippen molar-refractivity contribution in [3.63, 3.8) is 0 Å². The third kappa shape index (κ3) is 4.01. The Morgan fingerprint density at radius 2 is 1.59 bits per heavy atom. The summed E-state index contributed by atoms with van der Waals surface area (Å²) >= 11 is 0. The molecule has 0 amide bonds. The first-order chi connectivity index (χ1) is 10.7. The van der Waals surface area contributed by atoms with Crippen LogP contribution in [0.5, 0.6) is 11.5 Å². The van der Waals surface area contributed by atoms with Gasteiger partial charge in [0.25, 0.3) is 0 Å². The third-order valence-electron chi connectivity index (χ3n) is 4.15. The summed E-state index contributed by atoms with van der Waals surface area (Å²) in [6, 6.07) is 16.9. The zero-order valence-electron chi connectivity index (χ0n) is 13.8. The Hall–Kier alpha value is -2.00. The lowest BCUT2D eigenvalue weighted by molar-refractivity contribution is 0.353. The van der Waals surface area contributed by atoms with Crippen molar-refractivity contribution in [2.24, 2.45) is 0 Å². The molecule has 3 heteroatoms. The number of rotatable bonds is 7. The first-order valence-corrected chi connectivity index (χ1v) is 7.65. The molecule has 0 saturated heterocycles. The Balaban J connectivity index is 2.02. The molecule has 0 aromatic heterocycles. The van der Waals surface area contributed by atoms with Gasteiger partial charge in [0, 0.05) is 12.6 Å². The molecule has 2 aromatic rings. The molecule has 2 unspecified atom stereocenters. The van der Waals surface area contributed by atoms with E-state index in [9.17, 15) is 0 Å². The predicted octanol–water partition coefficient (Wildman–Crippen LogP) is 3.99. The molecule has 0 heterocycles. The lowest BCUT2D eigenvalue weighted by Gasteiger charge is -2.23. The van der Waals surface area contributed by atoms with Crippen LogP contribution in [0.4, 0.5) is 0 Å². The number of nitrogens with one attached hydrogen (secondary N) is 1. The Labute approximate surface area is 133 Å². The molecule has 0 aliphatic carbocycles. The Morgan fingerprint density at radius 3 is 2.23 bits per heavy atom. The molecule has 2 atom stereocenters. The SMILES string of the molecule is COc1ccc(C(C)C(C)NCc2ccccc2)cc1OC. The fraction of sp³-hybridized carbons (Fsp3) is 0.368. The zero-order valence-corrected chi connectivity index (χ0v) is 13.8. The van der Waals surface area contributed by atoms with Crippen LogP contribution in [0.1, 0.15) is 30.9 Å². The second-order valence-corrected chi connectivity index (χ2v) is 5.56. The summed E-state index contributed by atoms with van der Waals surface area (Å²) < 4.78 is 10.7. The van der Waals surface area contributed by atoms with Crippen molar-refractivity contribution in [3.8, 4) is 11.5 Å². The monoisotopic (exact) mass is 299 g/mol. The van der Waals surface area contributed by atoms with Crippen LogP contribution in [0.15, 0.2) is 48.5 Å². The predicted molar refractivity (Wildman–Crippen MR) is 90.7 cm³/mol. The van der Waals surface area contributed by atoms with Gasteiger partial charge in [0.1, 0.15) is 0 Å². The standard InChI is InChI=1S/C19H25NO2/c1-14(15(2)20-13-16-8-6-5-7-9-16)17-10-11-18(21-3)19(12-17)22-4/h5-12,14-15,20H,13H2,1-4H3. The van der Waals surface area contributed by atoms with Gasteiger partial charge in [-0.15, -0.1) is 0 Å². The second-order valence-electron chi connectivity index (χ2n) is 5.56. The highest BCUT2D eigenvalue weighted by atomic mass is 16.5. The van der Waals surface area contributed by atoms with E-state index in [0.29, 0.717) is 12.0 Å². The molecule has 0 bridgehead atoms. The number of hydrogen-bond acceptors (Lipinski definition) is 3. The van der Waals surface area contributed by atoms with E-state index in [-0.39, 0.29) is 0 Å². The molecule has 0 aliphatic heterocycles. The van der Waals surface area contributed by atoms with Gasteiger partial charge in [0.15, 0.2) is 11.5 Å². The maximum absolute atomic E-state index is 5.39. The van der Waals surface area contributed by atoms with Crippen LogP contribution >= 0.6 is 0 Å². The Kier molecular flexibility index (Phi) is 5.84. The van der Waals surface area contributed by atoms with Crippen LogP contribution in [-0.4, -0.2) is 20.3 Å². The first kappa shape index (κ1) is 16.4. The van der Waals surface area contributed by atoms with Crippen molar-refractivity contribution in [2.45, 2.75) is 32.4 Å². The van der Waals surface area contributed by atoms with Crippen molar-refractivity contribution < 1.29 is 9.47 Å². The molecule has 0 radical (unpaired) electrons. The molecule has 1 N–H and O–H groups in total. The van der Waals surface area contributed by atoms with E-state index >= 15 is 0 Å². The topological polar surface area (TPSA) is 30.5 Å². The fourth-order valence-corrected chi connectivity index (χ4v) is 2.48. The molecule has 22 heavy (non-hydrogen) atoms. The minimum Gasteiger partial charge on any atom is -0.493 e. The smallest absolute Gasteiger partial charge is 0.160 e. The summed E-state index contributed by atoms with van der Waals surface area (Å²) in [5.74, 6) is 1.92. The number of benzene rings is 2. The van der Waals surface area contributed by atoms with Crippen molar-refractivity contribution in [1.29, 1.82) is 0 Å². The van der Waals surface area contributed by atoms with Crippen LogP contribution in [-0.2, 0) is 6.54 Å². The van der Waals surface area contributed by atoms with E-state index in [0.717, 1.165) is 18.0 Å². The first-order valence-electron chi connectivity index (χ1n) is 7.65. The summed E-state index contributed by atoms with van der Waals surface area (Å²) in [6.07, 6.45) is 0. The maximum Gasteiger partial charge on any atom is 0.160 e. The molecule has 0 fully saturated rings. The van der Waals surface area contributed by atoms with Gasteiger partial charge in [-0.05, 0) is 36.1 Å². The number of ether oxygens (including phenoxy) is 2. The van der Waals surface area contributed by atoms with E-state index in [1.807, 2.05) is 12.1 Å². The lowest BCUT2D eigenvalue weighted by atomic mass is 9.94. The molecule has 3 nitrogen and oxygen atoms in total. The van der Waals surface area contributed by atoms with Gasteiger partial charge in [0.2, 0.25) is 0 Å². The highest BCUT2D eigenvalue weighted by Crippen LogP contribution is 2.31. The summed E-state index contributed by atoms with van der Waals surface area (Å²) in [7, 11) is 3.33. The van der Waals surface area contributed by atoms with Crippen molar-refractivity contribution in [3.05, 3.63) is 59.7 Å².